The summed E-state index contributed by atoms with van der Waals surface area (Å²) in [7, 11) is 3.75. The third-order valence-electron chi connectivity index (χ3n) is 3.65. The molecule has 7 nitrogen and oxygen atoms in total. The van der Waals surface area contributed by atoms with Crippen LogP contribution in [0.4, 0.5) is 5.95 Å². The number of hydrogen-bond donors (Lipinski definition) is 1. The fourth-order valence-electron chi connectivity index (χ4n) is 2.32. The highest BCUT2D eigenvalue weighted by molar-refractivity contribution is 5.94. The summed E-state index contributed by atoms with van der Waals surface area (Å²) in [5.74, 6) is 0.506. The van der Waals surface area contributed by atoms with E-state index in [1.165, 1.54) is 0 Å². The number of nitrogens with zero attached hydrogens (tertiary/aromatic N) is 4. The molecule has 1 aromatic heterocycles. The first-order chi connectivity index (χ1) is 10.6. The van der Waals surface area contributed by atoms with Crippen molar-refractivity contribution in [3.63, 3.8) is 0 Å². The van der Waals surface area contributed by atoms with Gasteiger partial charge < -0.3 is 15.0 Å². The van der Waals surface area contributed by atoms with Crippen LogP contribution in [-0.4, -0.2) is 74.3 Å². The van der Waals surface area contributed by atoms with E-state index < -0.39 is 0 Å². The summed E-state index contributed by atoms with van der Waals surface area (Å²) in [5, 5.41) is 2.94. The molecule has 7 heteroatoms. The predicted octanol–water partition coefficient (Wildman–Crippen LogP) is 0.303. The van der Waals surface area contributed by atoms with Crippen molar-refractivity contribution in [3.05, 3.63) is 17.5 Å². The van der Waals surface area contributed by atoms with E-state index in [0.29, 0.717) is 23.8 Å². The van der Waals surface area contributed by atoms with E-state index >= 15 is 0 Å². The maximum atomic E-state index is 12.2. The van der Waals surface area contributed by atoms with Gasteiger partial charge in [-0.05, 0) is 19.9 Å². The van der Waals surface area contributed by atoms with Gasteiger partial charge in [0.1, 0.15) is 0 Å². The molecule has 1 saturated heterocycles. The lowest BCUT2D eigenvalue weighted by Crippen LogP contribution is -2.38. The van der Waals surface area contributed by atoms with Gasteiger partial charge in [-0.25, -0.2) is 9.97 Å². The number of carbonyl (C=O) groups excluding carboxylic acids is 1. The summed E-state index contributed by atoms with van der Waals surface area (Å²) in [6.45, 7) is 7.04. The number of amides is 1. The normalized spacial score (nSPS) is 15.6. The second-order valence-electron chi connectivity index (χ2n) is 5.63. The van der Waals surface area contributed by atoms with Gasteiger partial charge in [-0.3, -0.25) is 9.69 Å². The first-order valence-electron chi connectivity index (χ1n) is 7.67. The van der Waals surface area contributed by atoms with E-state index in [-0.39, 0.29) is 5.91 Å². The highest BCUT2D eigenvalue weighted by atomic mass is 16.5. The maximum Gasteiger partial charge on any atom is 0.254 e. The van der Waals surface area contributed by atoms with E-state index in [1.807, 2.05) is 25.9 Å². The SMILES string of the molecule is Cc1nc(N(C)C)ncc1C(=O)NCCCN1CCOCC1. The number of hydrogen-bond acceptors (Lipinski definition) is 6. The molecule has 1 aromatic rings. The lowest BCUT2D eigenvalue weighted by molar-refractivity contribution is 0.0374. The van der Waals surface area contributed by atoms with Gasteiger partial charge in [-0.1, -0.05) is 0 Å². The predicted molar refractivity (Wildman–Crippen MR) is 85.3 cm³/mol. The average Bonchev–Trinajstić information content (AvgIpc) is 2.52. The minimum absolute atomic E-state index is 0.107. The summed E-state index contributed by atoms with van der Waals surface area (Å²) >= 11 is 0. The van der Waals surface area contributed by atoms with Gasteiger partial charge in [0.25, 0.3) is 5.91 Å². The summed E-state index contributed by atoms with van der Waals surface area (Å²) < 4.78 is 5.31. The number of nitrogens with one attached hydrogen (secondary N) is 1. The summed E-state index contributed by atoms with van der Waals surface area (Å²) in [6.07, 6.45) is 2.52. The number of aryl methyl sites for hydroxylation is 1. The van der Waals surface area contributed by atoms with Crippen molar-refractivity contribution in [3.8, 4) is 0 Å². The number of aromatic nitrogens is 2. The van der Waals surface area contributed by atoms with Gasteiger partial charge in [-0.15, -0.1) is 0 Å². The molecule has 0 unspecified atom stereocenters. The molecular formula is C15H25N5O2. The van der Waals surface area contributed by atoms with E-state index in [0.717, 1.165) is 39.3 Å². The Kier molecular flexibility index (Phi) is 6.09. The zero-order valence-electron chi connectivity index (χ0n) is 13.6. The number of rotatable bonds is 6. The Labute approximate surface area is 131 Å². The highest BCUT2D eigenvalue weighted by Crippen LogP contribution is 2.08. The van der Waals surface area contributed by atoms with Crippen LogP contribution in [0.1, 0.15) is 22.5 Å². The van der Waals surface area contributed by atoms with Gasteiger partial charge in [0, 0.05) is 39.9 Å². The van der Waals surface area contributed by atoms with Crippen molar-refractivity contribution in [1.82, 2.24) is 20.2 Å². The molecule has 0 atom stereocenters. The van der Waals surface area contributed by atoms with Crippen molar-refractivity contribution in [2.75, 3.05) is 58.4 Å². The standard InChI is InChI=1S/C15H25N5O2/c1-12-13(11-17-15(18-12)19(2)3)14(21)16-5-4-6-20-7-9-22-10-8-20/h11H,4-10H2,1-3H3,(H,16,21). The smallest absolute Gasteiger partial charge is 0.254 e. The van der Waals surface area contributed by atoms with E-state index in [1.54, 1.807) is 6.20 Å². The van der Waals surface area contributed by atoms with Crippen LogP contribution in [0.2, 0.25) is 0 Å². The first kappa shape index (κ1) is 16.6. The molecule has 2 rings (SSSR count). The van der Waals surface area contributed by atoms with Crippen molar-refractivity contribution >= 4 is 11.9 Å². The molecule has 0 aromatic carbocycles. The third-order valence-corrected chi connectivity index (χ3v) is 3.65. The van der Waals surface area contributed by atoms with Crippen LogP contribution in [0.15, 0.2) is 6.20 Å². The number of morpholine rings is 1. The summed E-state index contributed by atoms with van der Waals surface area (Å²) in [6, 6.07) is 0. The van der Waals surface area contributed by atoms with E-state index in [4.69, 9.17) is 4.74 Å². The molecule has 1 fully saturated rings. The largest absolute Gasteiger partial charge is 0.379 e. The van der Waals surface area contributed by atoms with Gasteiger partial charge in [-0.2, -0.15) is 0 Å². The van der Waals surface area contributed by atoms with Crippen molar-refractivity contribution in [1.29, 1.82) is 0 Å². The zero-order chi connectivity index (χ0) is 15.9. The van der Waals surface area contributed by atoms with Crippen LogP contribution in [0, 0.1) is 6.92 Å². The zero-order valence-corrected chi connectivity index (χ0v) is 13.6. The fraction of sp³-hybridized carbons (Fsp3) is 0.667. The monoisotopic (exact) mass is 307 g/mol. The Morgan fingerprint density at radius 3 is 2.77 bits per heavy atom. The molecule has 0 saturated carbocycles. The van der Waals surface area contributed by atoms with Crippen LogP contribution in [0.25, 0.3) is 0 Å². The van der Waals surface area contributed by atoms with Gasteiger partial charge >= 0.3 is 0 Å². The molecule has 0 bridgehead atoms. The minimum atomic E-state index is -0.107. The topological polar surface area (TPSA) is 70.6 Å². The quantitative estimate of drug-likeness (QED) is 0.763. The molecule has 1 aliphatic rings. The molecule has 22 heavy (non-hydrogen) atoms. The highest BCUT2D eigenvalue weighted by Gasteiger charge is 2.13. The van der Waals surface area contributed by atoms with Crippen molar-refractivity contribution in [2.24, 2.45) is 0 Å². The molecule has 1 aliphatic heterocycles. The average molecular weight is 307 g/mol. The maximum absolute atomic E-state index is 12.2. The van der Waals surface area contributed by atoms with Gasteiger partial charge in [0.05, 0.1) is 24.5 Å². The van der Waals surface area contributed by atoms with Crippen molar-refractivity contribution in [2.45, 2.75) is 13.3 Å². The second-order valence-corrected chi connectivity index (χ2v) is 5.63. The lowest BCUT2D eigenvalue weighted by atomic mass is 10.2. The Morgan fingerprint density at radius 2 is 2.14 bits per heavy atom. The van der Waals surface area contributed by atoms with Crippen LogP contribution < -0.4 is 10.2 Å². The Bertz CT molecular complexity index is 501. The molecule has 1 N–H and O–H groups in total. The molecule has 0 aliphatic carbocycles. The number of anilines is 1. The van der Waals surface area contributed by atoms with Crippen LogP contribution in [0.5, 0.6) is 0 Å². The lowest BCUT2D eigenvalue weighted by Gasteiger charge is -2.26. The molecule has 2 heterocycles. The van der Waals surface area contributed by atoms with Crippen LogP contribution >= 0.6 is 0 Å². The van der Waals surface area contributed by atoms with Gasteiger partial charge in [0.2, 0.25) is 5.95 Å². The molecule has 1 amide bonds. The number of ether oxygens (including phenoxy) is 1. The molecule has 122 valence electrons. The third kappa shape index (κ3) is 4.64. The molecule has 0 radical (unpaired) electrons. The summed E-state index contributed by atoms with van der Waals surface area (Å²) in [4.78, 5) is 24.9. The summed E-state index contributed by atoms with van der Waals surface area (Å²) in [5.41, 5.74) is 1.24. The van der Waals surface area contributed by atoms with E-state index in [9.17, 15) is 4.79 Å². The Morgan fingerprint density at radius 1 is 1.41 bits per heavy atom. The van der Waals surface area contributed by atoms with Crippen LogP contribution in [0.3, 0.4) is 0 Å². The minimum Gasteiger partial charge on any atom is -0.379 e. The Hall–Kier alpha value is -1.73. The van der Waals surface area contributed by atoms with Gasteiger partial charge in [0.15, 0.2) is 0 Å². The fourth-order valence-corrected chi connectivity index (χ4v) is 2.32. The van der Waals surface area contributed by atoms with Crippen molar-refractivity contribution < 1.29 is 9.53 Å². The number of carbonyl (C=O) groups is 1. The first-order valence-corrected chi connectivity index (χ1v) is 7.67. The Balaban J connectivity index is 1.77. The van der Waals surface area contributed by atoms with E-state index in [2.05, 4.69) is 20.2 Å². The molecular weight excluding hydrogens is 282 g/mol. The van der Waals surface area contributed by atoms with Crippen LogP contribution in [-0.2, 0) is 4.74 Å². The second kappa shape index (κ2) is 8.05. The molecule has 0 spiro atoms.